The molecule has 0 unspecified atom stereocenters. The number of hydrogen-bond acceptors (Lipinski definition) is 8. The molecule has 0 aliphatic heterocycles. The third-order valence-corrected chi connectivity index (χ3v) is 0. The van der Waals surface area contributed by atoms with Gasteiger partial charge in [0.1, 0.15) is 0 Å². The van der Waals surface area contributed by atoms with Gasteiger partial charge in [-0.15, -0.1) is 0 Å². The average molecular weight is 308 g/mol. The van der Waals surface area contributed by atoms with Gasteiger partial charge in [0.25, 0.3) is 0 Å². The Morgan fingerprint density at radius 3 is 0.769 bits per heavy atom. The minimum atomic E-state index is -5.61. The zero-order valence-electron chi connectivity index (χ0n) is 6.30. The molecule has 8 nitrogen and oxygen atoms in total. The Morgan fingerprint density at radius 1 is 0.769 bits per heavy atom. The topological polar surface area (TPSA) is 172 Å². The average Bonchev–Trinajstić information content (AvgIpc) is 1.12. The molecule has 0 saturated heterocycles. The van der Waals surface area contributed by atoms with Crippen LogP contribution in [0.15, 0.2) is 0 Å². The van der Waals surface area contributed by atoms with Crippen molar-refractivity contribution in [3.05, 3.63) is 0 Å². The number of rotatable bonds is 0. The van der Waals surface area contributed by atoms with Crippen molar-refractivity contribution in [1.29, 1.82) is 0 Å². The van der Waals surface area contributed by atoms with Crippen molar-refractivity contribution in [2.75, 3.05) is 0 Å². The zero-order chi connectivity index (χ0) is 9.00. The van der Waals surface area contributed by atoms with E-state index in [-0.39, 0.29) is 113 Å². The third kappa shape index (κ3) is 215. The minimum absolute atomic E-state index is 0. The second kappa shape index (κ2) is 13.8. The Bertz CT molecular complexity index is 154. The van der Waals surface area contributed by atoms with Crippen LogP contribution in [-0.4, -0.2) is 140 Å². The smallest absolute Gasteiger partial charge is 0.894 e. The normalized spacial score (nSPS) is 9.08. The molecule has 0 aromatic heterocycles. The first-order valence-electron chi connectivity index (χ1n) is 1.48. The summed E-state index contributed by atoms with van der Waals surface area (Å²) in [6.07, 6.45) is 0. The summed E-state index contributed by atoms with van der Waals surface area (Å²) < 4.78 is 34.1. The van der Waals surface area contributed by atoms with Gasteiger partial charge in [-0.2, -0.15) is 0 Å². The van der Waals surface area contributed by atoms with Crippen molar-refractivity contribution < 1.29 is 36.7 Å². The maximum atomic E-state index is 8.58. The van der Waals surface area contributed by atoms with E-state index in [1.807, 2.05) is 0 Å². The molecular formula is Ca3O8SSi. The molecule has 0 heterocycles. The first-order chi connectivity index (χ1) is 4.00. The Labute approximate surface area is 165 Å². The third-order valence-electron chi connectivity index (χ3n) is 0. The molecule has 0 amide bonds. The van der Waals surface area contributed by atoms with E-state index in [4.69, 9.17) is 36.7 Å². The fourth-order valence-corrected chi connectivity index (χ4v) is 0. The van der Waals surface area contributed by atoms with Gasteiger partial charge in [-0.25, -0.2) is 0 Å². The second-order valence-electron chi connectivity index (χ2n) is 0.908. The summed E-state index contributed by atoms with van der Waals surface area (Å²) in [5, 5.41) is 0. The van der Waals surface area contributed by atoms with Gasteiger partial charge >= 0.3 is 113 Å². The first kappa shape index (κ1) is 30.1. The van der Waals surface area contributed by atoms with Crippen LogP contribution in [-0.2, 0) is 10.4 Å². The minimum Gasteiger partial charge on any atom is -0.894 e. The molecule has 0 radical (unpaired) electrons. The largest absolute Gasteiger partial charge is 2.00 e. The summed E-state index contributed by atoms with van der Waals surface area (Å²) in [6, 6.07) is 0. The molecule has 64 valence electrons. The molecule has 0 aromatic rings. The molecule has 0 aliphatic rings. The van der Waals surface area contributed by atoms with E-state index in [1.54, 1.807) is 0 Å². The van der Waals surface area contributed by atoms with Crippen LogP contribution in [0.2, 0.25) is 0 Å². The summed E-state index contributed by atoms with van der Waals surface area (Å²) >= 11 is 0. The van der Waals surface area contributed by atoms with Crippen molar-refractivity contribution >= 4 is 133 Å². The molecule has 0 bridgehead atoms. The summed E-state index contributed by atoms with van der Waals surface area (Å²) in [5.74, 6) is 0. The molecule has 0 rings (SSSR count). The predicted molar refractivity (Wildman–Crippen MR) is 33.5 cm³/mol. The van der Waals surface area contributed by atoms with Gasteiger partial charge in [-0.05, 0) is 0 Å². The first-order valence-corrected chi connectivity index (χ1v) is 4.45. The van der Waals surface area contributed by atoms with Crippen molar-refractivity contribution in [2.24, 2.45) is 0 Å². The Balaban J connectivity index is -0.0000000267. The van der Waals surface area contributed by atoms with Crippen LogP contribution < -0.4 is 19.2 Å². The van der Waals surface area contributed by atoms with Gasteiger partial charge in [0.2, 0.25) is 0 Å². The van der Waals surface area contributed by atoms with Crippen LogP contribution in [0.3, 0.4) is 0 Å². The van der Waals surface area contributed by atoms with Gasteiger partial charge in [0, 0.05) is 10.4 Å². The van der Waals surface area contributed by atoms with E-state index >= 15 is 0 Å². The van der Waals surface area contributed by atoms with E-state index in [0.717, 1.165) is 0 Å². The van der Waals surface area contributed by atoms with Crippen LogP contribution in [0.1, 0.15) is 0 Å². The van der Waals surface area contributed by atoms with Gasteiger partial charge < -0.3 is 37.3 Å². The zero-order valence-corrected chi connectivity index (χ0v) is 14.7. The fraction of sp³-hybridized carbons (Fsp3) is 0. The van der Waals surface area contributed by atoms with Crippen molar-refractivity contribution in [2.45, 2.75) is 0 Å². The Morgan fingerprint density at radius 2 is 0.769 bits per heavy atom. The summed E-state index contributed by atoms with van der Waals surface area (Å²) in [5.41, 5.74) is 0. The molecule has 13 heteroatoms. The molecule has 0 N–H and O–H groups in total. The van der Waals surface area contributed by atoms with E-state index in [9.17, 15) is 0 Å². The van der Waals surface area contributed by atoms with Crippen LogP contribution in [0.25, 0.3) is 0 Å². The summed E-state index contributed by atoms with van der Waals surface area (Å²) in [4.78, 5) is 34.3. The summed E-state index contributed by atoms with van der Waals surface area (Å²) in [7, 11) is -10.8. The Kier molecular flexibility index (Phi) is 31.9. The van der Waals surface area contributed by atoms with E-state index in [2.05, 4.69) is 0 Å². The molecule has 13 heavy (non-hydrogen) atoms. The van der Waals surface area contributed by atoms with E-state index < -0.39 is 19.4 Å². The van der Waals surface area contributed by atoms with E-state index in [1.165, 1.54) is 0 Å². The quantitative estimate of drug-likeness (QED) is 0.241. The molecular weight excluding hydrogens is 308 g/mol. The number of hydrogen-bond donors (Lipinski definition) is 0. The molecule has 0 fully saturated rings. The van der Waals surface area contributed by atoms with Crippen LogP contribution >= 0.6 is 0 Å². The summed E-state index contributed by atoms with van der Waals surface area (Å²) in [6.45, 7) is 0. The SMILES string of the molecule is O=S(=O)([O-])[O-].[Ca+2].[Ca+2].[Ca+2].[O-][Si]([O-])([O-])[O-]. The van der Waals surface area contributed by atoms with Gasteiger partial charge in [0.15, 0.2) is 0 Å². The molecule has 0 atom stereocenters. The van der Waals surface area contributed by atoms with Crippen molar-refractivity contribution in [3.8, 4) is 0 Å². The molecule has 0 spiro atoms. The van der Waals surface area contributed by atoms with Crippen molar-refractivity contribution in [3.63, 3.8) is 0 Å². The second-order valence-corrected chi connectivity index (χ2v) is 2.72. The Hall–Kier alpha value is 3.71. The molecule has 0 aliphatic carbocycles. The fourth-order valence-electron chi connectivity index (χ4n) is 0. The van der Waals surface area contributed by atoms with Crippen molar-refractivity contribution in [1.82, 2.24) is 0 Å². The van der Waals surface area contributed by atoms with E-state index in [0.29, 0.717) is 0 Å². The van der Waals surface area contributed by atoms with Gasteiger partial charge in [-0.3, -0.25) is 8.42 Å². The molecule has 0 saturated carbocycles. The van der Waals surface area contributed by atoms with Crippen LogP contribution in [0.5, 0.6) is 0 Å². The maximum absolute atomic E-state index is 8.58. The van der Waals surface area contributed by atoms with Gasteiger partial charge in [0.05, 0.1) is 0 Å². The molecule has 0 aromatic carbocycles. The maximum Gasteiger partial charge on any atom is 2.00 e. The monoisotopic (exact) mass is 308 g/mol. The van der Waals surface area contributed by atoms with Crippen LogP contribution in [0, 0.1) is 0 Å². The predicted octanol–water partition coefficient (Wildman–Crippen LogP) is -7.62. The van der Waals surface area contributed by atoms with Gasteiger partial charge in [-0.1, -0.05) is 0 Å². The standard InChI is InChI=1S/3Ca.H2O4S.O4Si/c;;;2*1-5(2,3)4/h;;;(H2,1,2,3,4);/q3*+2;;-4/p-2. The van der Waals surface area contributed by atoms with Crippen LogP contribution in [0.4, 0.5) is 0 Å².